The Morgan fingerprint density at radius 1 is 1.47 bits per heavy atom. The molecule has 0 aliphatic rings. The molecule has 0 saturated carbocycles. The summed E-state index contributed by atoms with van der Waals surface area (Å²) in [7, 11) is 0. The van der Waals surface area contributed by atoms with Gasteiger partial charge in [-0.15, -0.1) is 0 Å². The zero-order valence-corrected chi connectivity index (χ0v) is 11.0. The number of nitrogens with zero attached hydrogens (tertiary/aromatic N) is 2. The Kier molecular flexibility index (Phi) is 4.01. The van der Waals surface area contributed by atoms with Gasteiger partial charge >= 0.3 is 0 Å². The standard InChI is InChI=1S/C12H13ClN4O2/c1-7(6-8-4-2-3-5-9(8)13)15-12(18)10-11(14)17-19-16-10/h2-5,7H,6H2,1H3,(H2,14,17)(H,15,18). The molecule has 3 N–H and O–H groups in total. The number of anilines is 1. The molecule has 19 heavy (non-hydrogen) atoms. The Morgan fingerprint density at radius 3 is 2.84 bits per heavy atom. The smallest absolute Gasteiger partial charge is 0.277 e. The number of nitrogen functional groups attached to an aromatic ring is 1. The molecule has 1 amide bonds. The maximum atomic E-state index is 11.8. The number of carbonyl (C=O) groups is 1. The third-order valence-electron chi connectivity index (χ3n) is 2.59. The van der Waals surface area contributed by atoms with Crippen molar-refractivity contribution in [1.29, 1.82) is 0 Å². The van der Waals surface area contributed by atoms with Gasteiger partial charge in [-0.1, -0.05) is 29.8 Å². The van der Waals surface area contributed by atoms with Gasteiger partial charge in [-0.2, -0.15) is 0 Å². The van der Waals surface area contributed by atoms with E-state index in [9.17, 15) is 4.79 Å². The van der Waals surface area contributed by atoms with Crippen molar-refractivity contribution >= 4 is 23.3 Å². The minimum absolute atomic E-state index is 0.00833. The summed E-state index contributed by atoms with van der Waals surface area (Å²) in [6, 6.07) is 7.36. The number of carbonyl (C=O) groups excluding carboxylic acids is 1. The van der Waals surface area contributed by atoms with Gasteiger partial charge in [-0.25, -0.2) is 4.63 Å². The van der Waals surface area contributed by atoms with Gasteiger partial charge in [0.15, 0.2) is 0 Å². The van der Waals surface area contributed by atoms with Crippen LogP contribution in [-0.2, 0) is 6.42 Å². The van der Waals surface area contributed by atoms with Crippen molar-refractivity contribution in [2.24, 2.45) is 0 Å². The van der Waals surface area contributed by atoms with E-state index in [2.05, 4.69) is 20.3 Å². The lowest BCUT2D eigenvalue weighted by atomic mass is 10.1. The van der Waals surface area contributed by atoms with Crippen LogP contribution in [0.5, 0.6) is 0 Å². The third-order valence-corrected chi connectivity index (χ3v) is 2.96. The first kappa shape index (κ1) is 13.4. The molecule has 1 atom stereocenters. The highest BCUT2D eigenvalue weighted by Gasteiger charge is 2.18. The number of rotatable bonds is 4. The molecule has 1 aromatic heterocycles. The fourth-order valence-corrected chi connectivity index (χ4v) is 1.90. The molecule has 0 bridgehead atoms. The predicted molar refractivity (Wildman–Crippen MR) is 70.8 cm³/mol. The molecular weight excluding hydrogens is 268 g/mol. The minimum Gasteiger partial charge on any atom is -0.379 e. The lowest BCUT2D eigenvalue weighted by Gasteiger charge is -2.13. The van der Waals surface area contributed by atoms with Gasteiger partial charge in [0.25, 0.3) is 5.91 Å². The maximum Gasteiger partial charge on any atom is 0.277 e. The number of amides is 1. The summed E-state index contributed by atoms with van der Waals surface area (Å²) in [5, 5.41) is 10.2. The van der Waals surface area contributed by atoms with Gasteiger partial charge in [0, 0.05) is 11.1 Å². The molecule has 2 aromatic rings. The van der Waals surface area contributed by atoms with Gasteiger partial charge in [-0.3, -0.25) is 4.79 Å². The predicted octanol–water partition coefficient (Wildman–Crippen LogP) is 1.67. The van der Waals surface area contributed by atoms with E-state index in [0.29, 0.717) is 11.4 Å². The van der Waals surface area contributed by atoms with Crippen molar-refractivity contribution in [1.82, 2.24) is 15.6 Å². The van der Waals surface area contributed by atoms with E-state index in [-0.39, 0.29) is 17.6 Å². The molecule has 1 unspecified atom stereocenters. The Hall–Kier alpha value is -2.08. The number of aromatic nitrogens is 2. The highest BCUT2D eigenvalue weighted by atomic mass is 35.5. The fraction of sp³-hybridized carbons (Fsp3) is 0.250. The van der Waals surface area contributed by atoms with E-state index in [1.54, 1.807) is 0 Å². The van der Waals surface area contributed by atoms with Crippen LogP contribution in [0, 0.1) is 0 Å². The molecule has 0 spiro atoms. The van der Waals surface area contributed by atoms with Gasteiger partial charge in [-0.05, 0) is 35.3 Å². The van der Waals surface area contributed by atoms with Crippen LogP contribution in [0.2, 0.25) is 5.02 Å². The fourth-order valence-electron chi connectivity index (χ4n) is 1.69. The quantitative estimate of drug-likeness (QED) is 0.888. The van der Waals surface area contributed by atoms with Crippen LogP contribution in [0.15, 0.2) is 28.9 Å². The van der Waals surface area contributed by atoms with Gasteiger partial charge in [0.05, 0.1) is 0 Å². The van der Waals surface area contributed by atoms with E-state index < -0.39 is 5.91 Å². The number of hydrogen-bond donors (Lipinski definition) is 2. The zero-order chi connectivity index (χ0) is 13.8. The number of nitrogens with two attached hydrogens (primary N) is 1. The normalized spacial score (nSPS) is 12.1. The summed E-state index contributed by atoms with van der Waals surface area (Å²) in [5.74, 6) is -0.444. The lowest BCUT2D eigenvalue weighted by Crippen LogP contribution is -2.34. The first-order chi connectivity index (χ1) is 9.08. The second-order valence-corrected chi connectivity index (χ2v) is 4.58. The molecule has 0 radical (unpaired) electrons. The van der Waals surface area contributed by atoms with E-state index in [1.165, 1.54) is 0 Å². The number of hydrogen-bond acceptors (Lipinski definition) is 5. The van der Waals surface area contributed by atoms with Crippen LogP contribution in [0.1, 0.15) is 23.0 Å². The van der Waals surface area contributed by atoms with Crippen molar-refractivity contribution in [2.75, 3.05) is 5.73 Å². The van der Waals surface area contributed by atoms with Crippen LogP contribution in [0.4, 0.5) is 5.82 Å². The number of nitrogens with one attached hydrogen (secondary N) is 1. The summed E-state index contributed by atoms with van der Waals surface area (Å²) in [5.41, 5.74) is 6.40. The molecule has 0 fully saturated rings. The Balaban J connectivity index is 1.99. The van der Waals surface area contributed by atoms with Crippen LogP contribution in [-0.4, -0.2) is 22.3 Å². The maximum absolute atomic E-state index is 11.8. The van der Waals surface area contributed by atoms with Crippen LogP contribution >= 0.6 is 11.6 Å². The summed E-state index contributed by atoms with van der Waals surface area (Å²) in [4.78, 5) is 11.8. The van der Waals surface area contributed by atoms with Gasteiger partial charge < -0.3 is 11.1 Å². The summed E-state index contributed by atoms with van der Waals surface area (Å²) in [6.45, 7) is 1.87. The second-order valence-electron chi connectivity index (χ2n) is 4.17. The molecule has 0 aliphatic heterocycles. The highest BCUT2D eigenvalue weighted by molar-refractivity contribution is 6.31. The number of halogens is 1. The number of benzene rings is 1. The van der Waals surface area contributed by atoms with E-state index >= 15 is 0 Å². The summed E-state index contributed by atoms with van der Waals surface area (Å²) in [6.07, 6.45) is 0.608. The van der Waals surface area contributed by atoms with E-state index in [4.69, 9.17) is 17.3 Å². The van der Waals surface area contributed by atoms with E-state index in [0.717, 1.165) is 5.56 Å². The lowest BCUT2D eigenvalue weighted by molar-refractivity contribution is 0.0931. The first-order valence-corrected chi connectivity index (χ1v) is 6.08. The minimum atomic E-state index is -0.418. The molecule has 6 nitrogen and oxygen atoms in total. The molecule has 2 rings (SSSR count). The molecule has 1 heterocycles. The second kappa shape index (κ2) is 5.71. The monoisotopic (exact) mass is 280 g/mol. The summed E-state index contributed by atoms with van der Waals surface area (Å²) >= 11 is 6.06. The van der Waals surface area contributed by atoms with Gasteiger partial charge in [0.2, 0.25) is 11.5 Å². The third kappa shape index (κ3) is 3.23. The van der Waals surface area contributed by atoms with Crippen molar-refractivity contribution in [3.63, 3.8) is 0 Å². The first-order valence-electron chi connectivity index (χ1n) is 5.70. The Bertz CT molecular complexity index is 585. The Labute approximate surface area is 114 Å². The average Bonchev–Trinajstić information content (AvgIpc) is 2.78. The van der Waals surface area contributed by atoms with Crippen molar-refractivity contribution in [3.8, 4) is 0 Å². The highest BCUT2D eigenvalue weighted by Crippen LogP contribution is 2.16. The molecule has 100 valence electrons. The largest absolute Gasteiger partial charge is 0.379 e. The van der Waals surface area contributed by atoms with Crippen molar-refractivity contribution in [3.05, 3.63) is 40.5 Å². The van der Waals surface area contributed by atoms with E-state index in [1.807, 2.05) is 31.2 Å². The molecule has 7 heteroatoms. The summed E-state index contributed by atoms with van der Waals surface area (Å²) < 4.78 is 4.38. The molecule has 0 saturated heterocycles. The van der Waals surface area contributed by atoms with Crippen molar-refractivity contribution in [2.45, 2.75) is 19.4 Å². The molecule has 0 aliphatic carbocycles. The van der Waals surface area contributed by atoms with Crippen LogP contribution in [0.25, 0.3) is 0 Å². The van der Waals surface area contributed by atoms with Crippen LogP contribution in [0.3, 0.4) is 0 Å². The van der Waals surface area contributed by atoms with Crippen molar-refractivity contribution < 1.29 is 9.42 Å². The zero-order valence-electron chi connectivity index (χ0n) is 10.3. The van der Waals surface area contributed by atoms with Crippen LogP contribution < -0.4 is 11.1 Å². The Morgan fingerprint density at radius 2 is 2.21 bits per heavy atom. The molecular formula is C12H13ClN4O2. The average molecular weight is 281 g/mol. The SMILES string of the molecule is CC(Cc1ccccc1Cl)NC(=O)c1nonc1N. The molecule has 1 aromatic carbocycles. The topological polar surface area (TPSA) is 94.0 Å². The van der Waals surface area contributed by atoms with Gasteiger partial charge in [0.1, 0.15) is 0 Å².